The minimum Gasteiger partial charge on any atom is -0.398 e. The Hall–Kier alpha value is -2.34. The number of anilines is 2. The van der Waals surface area contributed by atoms with Crippen molar-refractivity contribution in [3.05, 3.63) is 51.7 Å². The van der Waals surface area contributed by atoms with E-state index in [9.17, 15) is 9.59 Å². The summed E-state index contributed by atoms with van der Waals surface area (Å²) in [5, 5.41) is 3.03. The van der Waals surface area contributed by atoms with Gasteiger partial charge in [-0.15, -0.1) is 0 Å². The molecule has 20 heavy (non-hydrogen) atoms. The Morgan fingerprint density at radius 2 is 2.15 bits per heavy atom. The number of pyridine rings is 2. The summed E-state index contributed by atoms with van der Waals surface area (Å²) in [6, 6.07) is 6.04. The molecule has 0 aliphatic heterocycles. The van der Waals surface area contributed by atoms with E-state index in [1.807, 2.05) is 0 Å². The lowest BCUT2D eigenvalue weighted by molar-refractivity contribution is -0.116. The van der Waals surface area contributed by atoms with Gasteiger partial charge in [-0.3, -0.25) is 9.59 Å². The molecule has 0 fully saturated rings. The molecule has 1 amide bonds. The van der Waals surface area contributed by atoms with Gasteiger partial charge >= 0.3 is 0 Å². The zero-order valence-corrected chi connectivity index (χ0v) is 11.5. The molecule has 0 saturated carbocycles. The number of rotatable bonds is 3. The Labute approximate surface area is 120 Å². The highest BCUT2D eigenvalue weighted by atomic mass is 35.5. The molecule has 104 valence electrons. The first-order valence-corrected chi connectivity index (χ1v) is 6.22. The van der Waals surface area contributed by atoms with Crippen LogP contribution in [0.3, 0.4) is 0 Å². The number of nitrogens with two attached hydrogens (primary N) is 1. The maximum atomic E-state index is 11.9. The van der Waals surface area contributed by atoms with Crippen molar-refractivity contribution in [2.45, 2.75) is 13.5 Å². The molecule has 0 spiro atoms. The minimum atomic E-state index is -0.343. The van der Waals surface area contributed by atoms with E-state index < -0.39 is 0 Å². The fourth-order valence-corrected chi connectivity index (χ4v) is 1.87. The van der Waals surface area contributed by atoms with E-state index in [1.165, 1.54) is 22.9 Å². The van der Waals surface area contributed by atoms with E-state index in [0.717, 1.165) is 0 Å². The summed E-state index contributed by atoms with van der Waals surface area (Å²) in [5.74, 6) is -0.343. The fraction of sp³-hybridized carbons (Fsp3) is 0.154. The number of hydrogen-bond acceptors (Lipinski definition) is 4. The van der Waals surface area contributed by atoms with E-state index in [2.05, 4.69) is 10.3 Å². The second-order valence-corrected chi connectivity index (χ2v) is 4.63. The molecule has 2 heterocycles. The number of carbonyl (C=O) groups is 1. The van der Waals surface area contributed by atoms with Gasteiger partial charge in [0.25, 0.3) is 5.56 Å². The van der Waals surface area contributed by atoms with E-state index in [0.29, 0.717) is 22.2 Å². The number of nitrogen functional groups attached to an aromatic ring is 1. The summed E-state index contributed by atoms with van der Waals surface area (Å²) < 4.78 is 1.24. The van der Waals surface area contributed by atoms with Crippen molar-refractivity contribution >= 4 is 28.9 Å². The van der Waals surface area contributed by atoms with Gasteiger partial charge in [-0.05, 0) is 25.1 Å². The lowest BCUT2D eigenvalue weighted by Crippen LogP contribution is -2.27. The van der Waals surface area contributed by atoms with Crippen LogP contribution in [0, 0.1) is 6.92 Å². The van der Waals surface area contributed by atoms with Crippen LogP contribution in [0.5, 0.6) is 0 Å². The highest BCUT2D eigenvalue weighted by Gasteiger charge is 2.08. The molecule has 0 bridgehead atoms. The largest absolute Gasteiger partial charge is 0.398 e. The molecule has 0 saturated heterocycles. The van der Waals surface area contributed by atoms with Gasteiger partial charge in [0.1, 0.15) is 11.7 Å². The van der Waals surface area contributed by atoms with Crippen LogP contribution in [0.15, 0.2) is 35.3 Å². The molecule has 3 N–H and O–H groups in total. The van der Waals surface area contributed by atoms with Crippen molar-refractivity contribution in [1.82, 2.24) is 9.55 Å². The Balaban J connectivity index is 2.13. The number of hydrogen-bond donors (Lipinski definition) is 2. The molecular weight excluding hydrogens is 280 g/mol. The van der Waals surface area contributed by atoms with Crippen LogP contribution in [-0.2, 0) is 11.3 Å². The maximum absolute atomic E-state index is 11.9. The van der Waals surface area contributed by atoms with Gasteiger partial charge in [-0.1, -0.05) is 11.6 Å². The summed E-state index contributed by atoms with van der Waals surface area (Å²) in [4.78, 5) is 27.5. The third kappa shape index (κ3) is 3.36. The summed E-state index contributed by atoms with van der Waals surface area (Å²) in [7, 11) is 0. The molecule has 0 aliphatic rings. The normalized spacial score (nSPS) is 10.3. The quantitative estimate of drug-likeness (QED) is 0.837. The molecule has 0 aromatic carbocycles. The molecule has 0 radical (unpaired) electrons. The summed E-state index contributed by atoms with van der Waals surface area (Å²) in [5.41, 5.74) is 6.86. The monoisotopic (exact) mass is 292 g/mol. The van der Waals surface area contributed by atoms with Crippen LogP contribution in [0.1, 0.15) is 5.69 Å². The molecular formula is C13H13ClN4O2. The maximum Gasteiger partial charge on any atom is 0.251 e. The third-order valence-corrected chi connectivity index (χ3v) is 2.86. The van der Waals surface area contributed by atoms with Crippen LogP contribution in [-0.4, -0.2) is 15.5 Å². The van der Waals surface area contributed by atoms with Gasteiger partial charge in [0.2, 0.25) is 5.91 Å². The Kier molecular flexibility index (Phi) is 4.05. The molecule has 0 aliphatic carbocycles. The predicted octanol–water partition coefficient (Wildman–Crippen LogP) is 1.43. The molecule has 7 heteroatoms. The standard InChI is InChI=1S/C13H13ClN4O2/c1-8-10(3-4-11(14)16-8)17-12(19)7-18-6-9(15)2-5-13(18)20/h2-6H,7,15H2,1H3,(H,17,19). The second kappa shape index (κ2) is 5.75. The zero-order chi connectivity index (χ0) is 14.7. The van der Waals surface area contributed by atoms with E-state index >= 15 is 0 Å². The van der Waals surface area contributed by atoms with Crippen molar-refractivity contribution < 1.29 is 4.79 Å². The predicted molar refractivity (Wildman–Crippen MR) is 77.7 cm³/mol. The lowest BCUT2D eigenvalue weighted by atomic mass is 10.3. The fourth-order valence-electron chi connectivity index (χ4n) is 1.68. The highest BCUT2D eigenvalue weighted by molar-refractivity contribution is 6.29. The number of amides is 1. The van der Waals surface area contributed by atoms with Gasteiger partial charge in [0.05, 0.1) is 11.4 Å². The van der Waals surface area contributed by atoms with Crippen LogP contribution < -0.4 is 16.6 Å². The van der Waals surface area contributed by atoms with Crippen LogP contribution in [0.2, 0.25) is 5.15 Å². The second-order valence-electron chi connectivity index (χ2n) is 4.24. The van der Waals surface area contributed by atoms with Gasteiger partial charge in [-0.2, -0.15) is 0 Å². The first kappa shape index (κ1) is 14.1. The van der Waals surface area contributed by atoms with Gasteiger partial charge < -0.3 is 15.6 Å². The van der Waals surface area contributed by atoms with Crippen molar-refractivity contribution in [2.24, 2.45) is 0 Å². The topological polar surface area (TPSA) is 90.0 Å². The molecule has 2 aromatic heterocycles. The number of halogens is 1. The Morgan fingerprint density at radius 3 is 2.85 bits per heavy atom. The number of carbonyl (C=O) groups excluding carboxylic acids is 1. The van der Waals surface area contributed by atoms with Crippen molar-refractivity contribution in [2.75, 3.05) is 11.1 Å². The lowest BCUT2D eigenvalue weighted by Gasteiger charge is -2.09. The average molecular weight is 293 g/mol. The Bertz CT molecular complexity index is 712. The van der Waals surface area contributed by atoms with E-state index in [4.69, 9.17) is 17.3 Å². The van der Waals surface area contributed by atoms with Crippen LogP contribution in [0.4, 0.5) is 11.4 Å². The number of aryl methyl sites for hydroxylation is 1. The summed E-state index contributed by atoms with van der Waals surface area (Å²) in [6.07, 6.45) is 1.43. The first-order valence-electron chi connectivity index (χ1n) is 5.84. The SMILES string of the molecule is Cc1nc(Cl)ccc1NC(=O)Cn1cc(N)ccc1=O. The highest BCUT2D eigenvalue weighted by Crippen LogP contribution is 2.15. The van der Waals surface area contributed by atoms with E-state index in [1.54, 1.807) is 19.1 Å². The van der Waals surface area contributed by atoms with Gasteiger partial charge in [0.15, 0.2) is 0 Å². The summed E-state index contributed by atoms with van der Waals surface area (Å²) >= 11 is 5.74. The van der Waals surface area contributed by atoms with Gasteiger partial charge in [-0.25, -0.2) is 4.98 Å². The first-order chi connectivity index (χ1) is 9.45. The number of nitrogens with zero attached hydrogens (tertiary/aromatic N) is 2. The van der Waals surface area contributed by atoms with Crippen molar-refractivity contribution in [3.8, 4) is 0 Å². The zero-order valence-electron chi connectivity index (χ0n) is 10.8. The van der Waals surface area contributed by atoms with Gasteiger partial charge in [0, 0.05) is 18.0 Å². The molecule has 0 unspecified atom stereocenters. The van der Waals surface area contributed by atoms with E-state index in [-0.39, 0.29) is 18.0 Å². The Morgan fingerprint density at radius 1 is 1.40 bits per heavy atom. The number of aromatic nitrogens is 2. The van der Waals surface area contributed by atoms with Crippen LogP contribution in [0.25, 0.3) is 0 Å². The molecule has 2 rings (SSSR count). The number of nitrogens with one attached hydrogen (secondary N) is 1. The smallest absolute Gasteiger partial charge is 0.251 e. The molecule has 0 atom stereocenters. The summed E-state index contributed by atoms with van der Waals surface area (Å²) in [6.45, 7) is 1.61. The van der Waals surface area contributed by atoms with Crippen molar-refractivity contribution in [1.29, 1.82) is 0 Å². The molecule has 6 nitrogen and oxygen atoms in total. The average Bonchev–Trinajstić information content (AvgIpc) is 2.37. The van der Waals surface area contributed by atoms with Crippen molar-refractivity contribution in [3.63, 3.8) is 0 Å². The minimum absolute atomic E-state index is 0.119. The third-order valence-electron chi connectivity index (χ3n) is 2.65. The molecule has 2 aromatic rings. The van der Waals surface area contributed by atoms with Crippen LogP contribution >= 0.6 is 11.6 Å².